The van der Waals surface area contributed by atoms with Gasteiger partial charge in [-0.25, -0.2) is 0 Å². The molecule has 0 aliphatic rings. The Morgan fingerprint density at radius 1 is 1.05 bits per heavy atom. The Bertz CT molecular complexity index is 334. The molecule has 0 aromatic heterocycles. The summed E-state index contributed by atoms with van der Waals surface area (Å²) >= 11 is 0. The Hall–Kier alpha value is -1.24. The number of hydrogen-bond donors (Lipinski definition) is 3. The second-order valence-corrected chi connectivity index (χ2v) is 6.75. The van der Waals surface area contributed by atoms with Gasteiger partial charge in [0.25, 0.3) is 0 Å². The summed E-state index contributed by atoms with van der Waals surface area (Å²) in [4.78, 5) is 0. The van der Waals surface area contributed by atoms with E-state index in [1.165, 1.54) is 64.2 Å². The van der Waals surface area contributed by atoms with Gasteiger partial charge in [0.2, 0.25) is 5.96 Å². The van der Waals surface area contributed by atoms with Crippen molar-refractivity contribution in [2.45, 2.75) is 97.9 Å². The van der Waals surface area contributed by atoms with Crippen molar-refractivity contribution in [3.8, 4) is 6.19 Å². The molecule has 128 valence electrons. The molecule has 1 unspecified atom stereocenters. The molecule has 4 heteroatoms. The smallest absolute Gasteiger partial charge is 0.202 e. The fourth-order valence-electron chi connectivity index (χ4n) is 2.93. The normalized spacial score (nSPS) is 14.7. The molecule has 0 heterocycles. The molecule has 0 aromatic carbocycles. The summed E-state index contributed by atoms with van der Waals surface area (Å²) in [5, 5.41) is 21.8. The lowest BCUT2D eigenvalue weighted by Crippen LogP contribution is -2.47. The predicted octanol–water partition coefficient (Wildman–Crippen LogP) is 4.92. The van der Waals surface area contributed by atoms with Gasteiger partial charge in [0.1, 0.15) is 0 Å². The van der Waals surface area contributed by atoms with Crippen LogP contribution in [-0.4, -0.2) is 12.0 Å². The Balaban J connectivity index is 4.37. The Kier molecular flexibility index (Phi) is 11.6. The minimum Gasteiger partial charge on any atom is -0.353 e. The summed E-state index contributed by atoms with van der Waals surface area (Å²) in [6.45, 7) is 8.94. The second-order valence-electron chi connectivity index (χ2n) is 6.75. The van der Waals surface area contributed by atoms with Crippen LogP contribution in [0.5, 0.6) is 0 Å². The summed E-state index contributed by atoms with van der Waals surface area (Å²) in [6, 6.07) is 0.197. The summed E-state index contributed by atoms with van der Waals surface area (Å²) in [5.74, 6) is 0.112. The van der Waals surface area contributed by atoms with Crippen molar-refractivity contribution in [3.63, 3.8) is 0 Å². The zero-order valence-corrected chi connectivity index (χ0v) is 15.1. The number of rotatable bonds is 12. The van der Waals surface area contributed by atoms with Crippen LogP contribution in [0.2, 0.25) is 0 Å². The van der Waals surface area contributed by atoms with Crippen LogP contribution in [-0.2, 0) is 0 Å². The molecule has 0 aliphatic heterocycles. The van der Waals surface area contributed by atoms with Crippen LogP contribution < -0.4 is 10.6 Å². The van der Waals surface area contributed by atoms with E-state index in [0.29, 0.717) is 0 Å². The van der Waals surface area contributed by atoms with Crippen molar-refractivity contribution in [1.82, 2.24) is 10.6 Å². The molecule has 0 radical (unpaired) electrons. The number of guanidine groups is 1. The lowest BCUT2D eigenvalue weighted by molar-refractivity contribution is 0.195. The first-order valence-electron chi connectivity index (χ1n) is 9.00. The third-order valence-corrected chi connectivity index (χ3v) is 4.79. The van der Waals surface area contributed by atoms with E-state index in [4.69, 9.17) is 10.7 Å². The molecule has 0 spiro atoms. The van der Waals surface area contributed by atoms with Crippen LogP contribution >= 0.6 is 0 Å². The molecule has 0 amide bonds. The Labute approximate surface area is 137 Å². The first-order chi connectivity index (χ1) is 10.5. The summed E-state index contributed by atoms with van der Waals surface area (Å²) in [6.07, 6.45) is 14.5. The van der Waals surface area contributed by atoms with Gasteiger partial charge in [0.05, 0.1) is 0 Å². The molecular formula is C18H36N4. The van der Waals surface area contributed by atoms with E-state index in [2.05, 4.69) is 38.3 Å². The maximum atomic E-state index is 8.60. The van der Waals surface area contributed by atoms with E-state index in [1.807, 2.05) is 0 Å². The van der Waals surface area contributed by atoms with Crippen molar-refractivity contribution in [3.05, 3.63) is 0 Å². The second kappa shape index (κ2) is 12.3. The van der Waals surface area contributed by atoms with Crippen molar-refractivity contribution in [2.75, 3.05) is 0 Å². The van der Waals surface area contributed by atoms with Gasteiger partial charge in [-0.2, -0.15) is 5.26 Å². The number of nitrogens with one attached hydrogen (secondary N) is 3. The van der Waals surface area contributed by atoms with Crippen LogP contribution in [0.1, 0.15) is 91.9 Å². The number of nitrogens with zero attached hydrogens (tertiary/aromatic N) is 1. The SMILES string of the molecule is CCCCCCCCC(C)(CCCC)[C@@H](C)NC(=N)NC#N. The van der Waals surface area contributed by atoms with Crippen molar-refractivity contribution >= 4 is 5.96 Å². The minimum atomic E-state index is 0.112. The van der Waals surface area contributed by atoms with Gasteiger partial charge >= 0.3 is 0 Å². The van der Waals surface area contributed by atoms with Crippen LogP contribution in [0.15, 0.2) is 0 Å². The van der Waals surface area contributed by atoms with Gasteiger partial charge in [0.15, 0.2) is 6.19 Å². The predicted molar refractivity (Wildman–Crippen MR) is 94.7 cm³/mol. The lowest BCUT2D eigenvalue weighted by atomic mass is 9.74. The summed E-state index contributed by atoms with van der Waals surface area (Å²) in [7, 11) is 0. The van der Waals surface area contributed by atoms with Crippen LogP contribution in [0.4, 0.5) is 0 Å². The molecule has 0 aromatic rings. The molecule has 0 saturated carbocycles. The molecule has 0 bridgehead atoms. The first-order valence-corrected chi connectivity index (χ1v) is 9.00. The van der Waals surface area contributed by atoms with Crippen LogP contribution in [0, 0.1) is 22.3 Å². The summed E-state index contributed by atoms with van der Waals surface area (Å²) < 4.78 is 0. The molecule has 0 fully saturated rings. The molecule has 0 rings (SSSR count). The van der Waals surface area contributed by atoms with E-state index in [-0.39, 0.29) is 17.4 Å². The van der Waals surface area contributed by atoms with Gasteiger partial charge < -0.3 is 5.32 Å². The topological polar surface area (TPSA) is 71.7 Å². The summed E-state index contributed by atoms with van der Waals surface area (Å²) in [5.41, 5.74) is 0.185. The van der Waals surface area contributed by atoms with Crippen molar-refractivity contribution in [2.24, 2.45) is 5.41 Å². The number of nitriles is 1. The van der Waals surface area contributed by atoms with Crippen LogP contribution in [0.3, 0.4) is 0 Å². The molecule has 0 saturated heterocycles. The zero-order valence-electron chi connectivity index (χ0n) is 15.1. The van der Waals surface area contributed by atoms with Gasteiger partial charge in [0, 0.05) is 6.04 Å². The molecule has 3 N–H and O–H groups in total. The highest BCUT2D eigenvalue weighted by Gasteiger charge is 2.30. The zero-order chi connectivity index (χ0) is 16.8. The Morgan fingerprint density at radius 2 is 1.59 bits per heavy atom. The van der Waals surface area contributed by atoms with Crippen LogP contribution in [0.25, 0.3) is 0 Å². The van der Waals surface area contributed by atoms with E-state index < -0.39 is 0 Å². The first kappa shape index (κ1) is 20.8. The highest BCUT2D eigenvalue weighted by atomic mass is 15.1. The minimum absolute atomic E-state index is 0.112. The van der Waals surface area contributed by atoms with Gasteiger partial charge in [-0.15, -0.1) is 0 Å². The maximum absolute atomic E-state index is 8.60. The van der Waals surface area contributed by atoms with E-state index in [9.17, 15) is 0 Å². The average molecular weight is 309 g/mol. The van der Waals surface area contributed by atoms with E-state index >= 15 is 0 Å². The fourth-order valence-corrected chi connectivity index (χ4v) is 2.93. The average Bonchev–Trinajstić information content (AvgIpc) is 2.48. The number of unbranched alkanes of at least 4 members (excludes halogenated alkanes) is 6. The maximum Gasteiger partial charge on any atom is 0.202 e. The quantitative estimate of drug-likeness (QED) is 0.158. The van der Waals surface area contributed by atoms with Gasteiger partial charge in [-0.05, 0) is 25.2 Å². The lowest BCUT2D eigenvalue weighted by Gasteiger charge is -2.37. The highest BCUT2D eigenvalue weighted by Crippen LogP contribution is 2.34. The monoisotopic (exact) mass is 308 g/mol. The fraction of sp³-hybridized carbons (Fsp3) is 0.889. The van der Waals surface area contributed by atoms with Crippen molar-refractivity contribution < 1.29 is 0 Å². The van der Waals surface area contributed by atoms with E-state index in [1.54, 1.807) is 6.19 Å². The Morgan fingerprint density at radius 3 is 2.18 bits per heavy atom. The van der Waals surface area contributed by atoms with Crippen molar-refractivity contribution in [1.29, 1.82) is 10.7 Å². The van der Waals surface area contributed by atoms with E-state index in [0.717, 1.165) is 0 Å². The number of hydrogen-bond acceptors (Lipinski definition) is 2. The highest BCUT2D eigenvalue weighted by molar-refractivity contribution is 5.78. The molecule has 4 nitrogen and oxygen atoms in total. The third kappa shape index (κ3) is 8.92. The largest absolute Gasteiger partial charge is 0.353 e. The molecule has 0 aliphatic carbocycles. The third-order valence-electron chi connectivity index (χ3n) is 4.79. The standard InChI is InChI=1S/C18H36N4/c1-5-7-9-10-11-12-14-18(4,13-8-6-2)16(3)22-17(20)21-15-19/h16H,5-14H2,1-4H3,(H3,20,21,22)/t16-,18?/m1/s1. The molecule has 22 heavy (non-hydrogen) atoms. The van der Waals surface area contributed by atoms with Gasteiger partial charge in [-0.3, -0.25) is 10.7 Å². The molecule has 2 atom stereocenters. The molecular weight excluding hydrogens is 272 g/mol. The van der Waals surface area contributed by atoms with Gasteiger partial charge in [-0.1, -0.05) is 72.1 Å².